The molecular weight excluding hydrogens is 250 g/mol. The van der Waals surface area contributed by atoms with Crippen molar-refractivity contribution in [1.29, 1.82) is 0 Å². The molecule has 3 aliphatic heterocycles. The number of hydrogen-bond donors (Lipinski definition) is 2. The highest BCUT2D eigenvalue weighted by Gasteiger charge is 2.37. The number of rotatable bonds is 2. The van der Waals surface area contributed by atoms with Crippen molar-refractivity contribution in [2.45, 2.75) is 25.3 Å². The molecule has 20 heavy (non-hydrogen) atoms. The highest BCUT2D eigenvalue weighted by molar-refractivity contribution is 6.00. The van der Waals surface area contributed by atoms with Crippen LogP contribution in [-0.2, 0) is 0 Å². The van der Waals surface area contributed by atoms with Crippen LogP contribution in [0.1, 0.15) is 41.4 Å². The van der Waals surface area contributed by atoms with E-state index in [0.717, 1.165) is 41.9 Å². The smallest absolute Gasteiger partial charge is 0.265 e. The molecule has 0 radical (unpaired) electrons. The Balaban J connectivity index is 1.89. The fourth-order valence-corrected chi connectivity index (χ4v) is 3.97. The molecule has 0 saturated carbocycles. The number of carbonyl (C=O) groups is 1. The van der Waals surface area contributed by atoms with E-state index in [-0.39, 0.29) is 5.91 Å². The van der Waals surface area contributed by atoms with Crippen molar-refractivity contribution in [2.75, 3.05) is 13.1 Å². The van der Waals surface area contributed by atoms with Crippen LogP contribution in [0.25, 0.3) is 10.9 Å². The number of aromatic nitrogens is 1. The molecule has 2 bridgehead atoms. The average Bonchev–Trinajstić information content (AvgIpc) is 2.88. The molecule has 104 valence electrons. The minimum atomic E-state index is -0.348. The second-order valence-electron chi connectivity index (χ2n) is 6.05. The zero-order valence-corrected chi connectivity index (χ0v) is 11.4. The van der Waals surface area contributed by atoms with Gasteiger partial charge in [0, 0.05) is 22.5 Å². The first-order valence-electron chi connectivity index (χ1n) is 7.38. The molecule has 5 rings (SSSR count). The van der Waals surface area contributed by atoms with E-state index in [1.54, 1.807) is 0 Å². The van der Waals surface area contributed by atoms with E-state index in [4.69, 9.17) is 5.73 Å². The topological polar surface area (TPSA) is 62.1 Å². The molecule has 4 nitrogen and oxygen atoms in total. The van der Waals surface area contributed by atoms with Gasteiger partial charge in [-0.3, -0.25) is 9.69 Å². The fraction of sp³-hybridized carbons (Fsp3) is 0.438. The number of carbonyl (C=O) groups excluding carboxylic acids is 1. The summed E-state index contributed by atoms with van der Waals surface area (Å²) in [4.78, 5) is 17.5. The third-order valence-corrected chi connectivity index (χ3v) is 4.97. The molecule has 1 unspecified atom stereocenters. The molecule has 0 spiro atoms. The fourth-order valence-electron chi connectivity index (χ4n) is 3.97. The van der Waals surface area contributed by atoms with Crippen molar-refractivity contribution < 1.29 is 4.79 Å². The molecule has 1 atom stereocenters. The van der Waals surface area contributed by atoms with E-state index in [2.05, 4.69) is 16.0 Å². The minimum Gasteiger partial charge on any atom is -0.364 e. The maximum atomic E-state index is 11.8. The van der Waals surface area contributed by atoms with Gasteiger partial charge in [0.15, 0.2) is 0 Å². The van der Waals surface area contributed by atoms with Crippen LogP contribution in [0.15, 0.2) is 24.3 Å². The minimum absolute atomic E-state index is 0.348. The Kier molecular flexibility index (Phi) is 2.60. The molecule has 2 aromatic rings. The molecule has 0 aliphatic carbocycles. The van der Waals surface area contributed by atoms with Crippen molar-refractivity contribution in [3.63, 3.8) is 0 Å². The first-order valence-corrected chi connectivity index (χ1v) is 7.38. The summed E-state index contributed by atoms with van der Waals surface area (Å²) in [6.45, 7) is 2.29. The molecule has 3 fully saturated rings. The van der Waals surface area contributed by atoms with Crippen LogP contribution in [0.5, 0.6) is 0 Å². The van der Waals surface area contributed by atoms with Crippen LogP contribution < -0.4 is 5.73 Å². The third-order valence-electron chi connectivity index (χ3n) is 4.97. The standard InChI is InChI=1S/C16H19N3O/c17-16(20)15-14(11-3-1-2-4-12(11)18-15)13-9-10-5-7-19(13)8-6-10/h1-4,10,13,18H,5-9H2,(H2,17,20). The van der Waals surface area contributed by atoms with E-state index in [1.165, 1.54) is 12.8 Å². The summed E-state index contributed by atoms with van der Waals surface area (Å²) in [5, 5.41) is 1.15. The number of nitrogens with zero attached hydrogens (tertiary/aromatic N) is 1. The zero-order valence-electron chi connectivity index (χ0n) is 11.4. The summed E-state index contributed by atoms with van der Waals surface area (Å²) in [6, 6.07) is 8.47. The van der Waals surface area contributed by atoms with E-state index in [1.807, 2.05) is 18.2 Å². The lowest BCUT2D eigenvalue weighted by atomic mass is 9.80. The molecule has 1 aromatic carbocycles. The highest BCUT2D eigenvalue weighted by Crippen LogP contribution is 2.43. The van der Waals surface area contributed by atoms with Gasteiger partial charge in [-0.05, 0) is 44.3 Å². The zero-order chi connectivity index (χ0) is 13.7. The second-order valence-corrected chi connectivity index (χ2v) is 6.05. The van der Waals surface area contributed by atoms with Gasteiger partial charge in [0.05, 0.1) is 0 Å². The van der Waals surface area contributed by atoms with Gasteiger partial charge in [-0.25, -0.2) is 0 Å². The molecule has 4 heterocycles. The maximum absolute atomic E-state index is 11.8. The summed E-state index contributed by atoms with van der Waals surface area (Å²) in [5.74, 6) is 0.457. The Bertz CT molecular complexity index is 667. The van der Waals surface area contributed by atoms with Crippen LogP contribution in [0.4, 0.5) is 0 Å². The van der Waals surface area contributed by atoms with Gasteiger partial charge >= 0.3 is 0 Å². The number of H-pyrrole nitrogens is 1. The molecule has 3 saturated heterocycles. The summed E-state index contributed by atoms with van der Waals surface area (Å²) >= 11 is 0. The molecule has 4 heteroatoms. The lowest BCUT2D eigenvalue weighted by Gasteiger charge is -2.45. The Labute approximate surface area is 117 Å². The number of benzene rings is 1. The molecule has 3 N–H and O–H groups in total. The summed E-state index contributed by atoms with van der Waals surface area (Å²) in [5.41, 5.74) is 8.33. The van der Waals surface area contributed by atoms with Crippen LogP contribution >= 0.6 is 0 Å². The number of nitrogens with two attached hydrogens (primary N) is 1. The van der Waals surface area contributed by atoms with Crippen LogP contribution in [0.3, 0.4) is 0 Å². The quantitative estimate of drug-likeness (QED) is 0.879. The number of para-hydroxylation sites is 1. The van der Waals surface area contributed by atoms with E-state index >= 15 is 0 Å². The number of aromatic amines is 1. The highest BCUT2D eigenvalue weighted by atomic mass is 16.1. The first-order chi connectivity index (χ1) is 9.74. The lowest BCUT2D eigenvalue weighted by molar-refractivity contribution is 0.0491. The number of fused-ring (bicyclic) bond motifs is 4. The van der Waals surface area contributed by atoms with Gasteiger partial charge in [0.2, 0.25) is 0 Å². The van der Waals surface area contributed by atoms with Crippen molar-refractivity contribution in [1.82, 2.24) is 9.88 Å². The number of hydrogen-bond acceptors (Lipinski definition) is 2. The molecule has 1 amide bonds. The SMILES string of the molecule is NC(=O)c1[nH]c2ccccc2c1C1CC2CCN1CC2. The van der Waals surface area contributed by atoms with Gasteiger partial charge < -0.3 is 10.7 Å². The average molecular weight is 269 g/mol. The Hall–Kier alpha value is -1.81. The Morgan fingerprint density at radius 3 is 2.65 bits per heavy atom. The van der Waals surface area contributed by atoms with Gasteiger partial charge in [-0.15, -0.1) is 0 Å². The number of amides is 1. The third kappa shape index (κ3) is 1.68. The Morgan fingerprint density at radius 1 is 1.25 bits per heavy atom. The van der Waals surface area contributed by atoms with Crippen LogP contribution in [0.2, 0.25) is 0 Å². The van der Waals surface area contributed by atoms with Gasteiger partial charge in [0.25, 0.3) is 5.91 Å². The summed E-state index contributed by atoms with van der Waals surface area (Å²) < 4.78 is 0. The van der Waals surface area contributed by atoms with Crippen molar-refractivity contribution in [3.05, 3.63) is 35.5 Å². The number of piperidine rings is 3. The van der Waals surface area contributed by atoms with Crippen molar-refractivity contribution >= 4 is 16.8 Å². The number of nitrogens with one attached hydrogen (secondary N) is 1. The van der Waals surface area contributed by atoms with E-state index < -0.39 is 0 Å². The van der Waals surface area contributed by atoms with Crippen LogP contribution in [0, 0.1) is 5.92 Å². The normalized spacial score (nSPS) is 28.9. The van der Waals surface area contributed by atoms with Crippen LogP contribution in [-0.4, -0.2) is 28.9 Å². The monoisotopic (exact) mass is 269 g/mol. The first kappa shape index (κ1) is 12.0. The lowest BCUT2D eigenvalue weighted by Crippen LogP contribution is -2.44. The Morgan fingerprint density at radius 2 is 2.00 bits per heavy atom. The summed E-state index contributed by atoms with van der Waals surface area (Å²) in [6.07, 6.45) is 3.75. The summed E-state index contributed by atoms with van der Waals surface area (Å²) in [7, 11) is 0. The predicted octanol–water partition coefficient (Wildman–Crippen LogP) is 2.42. The van der Waals surface area contributed by atoms with Gasteiger partial charge in [-0.2, -0.15) is 0 Å². The van der Waals surface area contributed by atoms with Crippen molar-refractivity contribution in [3.8, 4) is 0 Å². The number of primary amides is 1. The van der Waals surface area contributed by atoms with Crippen molar-refractivity contribution in [2.24, 2.45) is 11.7 Å². The molecule has 1 aromatic heterocycles. The van der Waals surface area contributed by atoms with Gasteiger partial charge in [-0.1, -0.05) is 18.2 Å². The van der Waals surface area contributed by atoms with Gasteiger partial charge in [0.1, 0.15) is 5.69 Å². The predicted molar refractivity (Wildman–Crippen MR) is 78.5 cm³/mol. The molecular formula is C16H19N3O. The largest absolute Gasteiger partial charge is 0.364 e. The van der Waals surface area contributed by atoms with E-state index in [0.29, 0.717) is 11.7 Å². The second kappa shape index (κ2) is 4.35. The maximum Gasteiger partial charge on any atom is 0.265 e. The van der Waals surface area contributed by atoms with E-state index in [9.17, 15) is 4.79 Å². The molecule has 3 aliphatic rings.